The van der Waals surface area contributed by atoms with Crippen molar-refractivity contribution in [1.82, 2.24) is 0 Å². The van der Waals surface area contributed by atoms with Gasteiger partial charge in [-0.25, -0.2) is 0 Å². The van der Waals surface area contributed by atoms with Crippen LogP contribution >= 0.6 is 0 Å². The van der Waals surface area contributed by atoms with E-state index in [-0.39, 0.29) is 6.10 Å². The molecular weight excluding hydrogens is 308 g/mol. The first-order valence-electron chi connectivity index (χ1n) is 11.1. The molecule has 0 aromatic heterocycles. The van der Waals surface area contributed by atoms with E-state index in [2.05, 4.69) is 13.5 Å². The van der Waals surface area contributed by atoms with E-state index in [0.717, 1.165) is 12.8 Å². The molecule has 0 amide bonds. The average Bonchev–Trinajstić information content (AvgIpc) is 2.57. The maximum Gasteiger partial charge on any atom is 0.163 e. The van der Waals surface area contributed by atoms with Crippen LogP contribution in [0.3, 0.4) is 0 Å². The molecular formula is C23H44O2. The molecule has 1 saturated heterocycles. The van der Waals surface area contributed by atoms with Crippen molar-refractivity contribution in [2.45, 2.75) is 135 Å². The number of hydrogen-bond acceptors (Lipinski definition) is 2. The van der Waals surface area contributed by atoms with Crippen LogP contribution in [0.15, 0.2) is 12.7 Å². The predicted molar refractivity (Wildman–Crippen MR) is 109 cm³/mol. The van der Waals surface area contributed by atoms with Gasteiger partial charge in [0.15, 0.2) is 5.79 Å². The molecule has 2 nitrogen and oxygen atoms in total. The fraction of sp³-hybridized carbons (Fsp3) is 0.913. The minimum Gasteiger partial charge on any atom is -0.347 e. The maximum absolute atomic E-state index is 6.04. The number of hydrogen-bond donors (Lipinski definition) is 0. The average molecular weight is 353 g/mol. The Bertz CT molecular complexity index is 324. The molecule has 0 spiro atoms. The molecule has 1 aliphatic heterocycles. The van der Waals surface area contributed by atoms with Gasteiger partial charge in [0.05, 0.1) is 12.2 Å². The Labute approximate surface area is 157 Å². The highest BCUT2D eigenvalue weighted by molar-refractivity contribution is 4.87. The van der Waals surface area contributed by atoms with Crippen molar-refractivity contribution in [3.63, 3.8) is 0 Å². The van der Waals surface area contributed by atoms with Gasteiger partial charge >= 0.3 is 0 Å². The topological polar surface area (TPSA) is 18.5 Å². The van der Waals surface area contributed by atoms with E-state index in [4.69, 9.17) is 9.47 Å². The summed E-state index contributed by atoms with van der Waals surface area (Å²) in [4.78, 5) is 0. The zero-order valence-electron chi connectivity index (χ0n) is 17.4. The van der Waals surface area contributed by atoms with Crippen molar-refractivity contribution in [2.24, 2.45) is 0 Å². The van der Waals surface area contributed by atoms with Gasteiger partial charge in [-0.1, -0.05) is 96.5 Å². The van der Waals surface area contributed by atoms with E-state index in [1.54, 1.807) is 0 Å². The van der Waals surface area contributed by atoms with Gasteiger partial charge < -0.3 is 9.47 Å². The van der Waals surface area contributed by atoms with Crippen molar-refractivity contribution in [2.75, 3.05) is 0 Å². The van der Waals surface area contributed by atoms with Crippen LogP contribution < -0.4 is 0 Å². The van der Waals surface area contributed by atoms with Gasteiger partial charge in [-0.05, 0) is 20.3 Å². The quantitative estimate of drug-likeness (QED) is 0.223. The van der Waals surface area contributed by atoms with Crippen LogP contribution in [-0.4, -0.2) is 18.0 Å². The van der Waals surface area contributed by atoms with Crippen molar-refractivity contribution >= 4 is 0 Å². The first-order chi connectivity index (χ1) is 12.1. The minimum atomic E-state index is -0.460. The summed E-state index contributed by atoms with van der Waals surface area (Å²) < 4.78 is 11.9. The summed E-state index contributed by atoms with van der Waals surface area (Å²) in [5.41, 5.74) is 0. The van der Waals surface area contributed by atoms with Gasteiger partial charge in [0.2, 0.25) is 0 Å². The Morgan fingerprint density at radius 1 is 0.800 bits per heavy atom. The highest BCUT2D eigenvalue weighted by Crippen LogP contribution is 2.29. The summed E-state index contributed by atoms with van der Waals surface area (Å²) in [5.74, 6) is -0.460. The van der Waals surface area contributed by atoms with Crippen LogP contribution in [0.4, 0.5) is 0 Å². The lowest BCUT2D eigenvalue weighted by molar-refractivity contribution is -0.291. The largest absolute Gasteiger partial charge is 0.347 e. The minimum absolute atomic E-state index is 0.149. The third-order valence-electron chi connectivity index (χ3n) is 5.27. The van der Waals surface area contributed by atoms with Crippen molar-refractivity contribution < 1.29 is 9.47 Å². The fourth-order valence-electron chi connectivity index (χ4n) is 3.86. The maximum atomic E-state index is 6.04. The zero-order chi connectivity index (χ0) is 18.4. The fourth-order valence-corrected chi connectivity index (χ4v) is 3.86. The monoisotopic (exact) mass is 352 g/mol. The van der Waals surface area contributed by atoms with E-state index in [1.807, 2.05) is 19.9 Å². The van der Waals surface area contributed by atoms with Crippen LogP contribution in [0.1, 0.15) is 117 Å². The molecule has 25 heavy (non-hydrogen) atoms. The smallest absolute Gasteiger partial charge is 0.163 e. The molecule has 0 N–H and O–H groups in total. The third kappa shape index (κ3) is 11.8. The van der Waals surface area contributed by atoms with Gasteiger partial charge in [-0.15, -0.1) is 6.58 Å². The Morgan fingerprint density at radius 3 is 1.76 bits per heavy atom. The first kappa shape index (κ1) is 22.7. The molecule has 2 atom stereocenters. The van der Waals surface area contributed by atoms with Crippen molar-refractivity contribution in [3.05, 3.63) is 12.7 Å². The number of unbranched alkanes of at least 4 members (excludes halogenated alkanes) is 12. The van der Waals surface area contributed by atoms with E-state index >= 15 is 0 Å². The number of rotatable bonds is 15. The van der Waals surface area contributed by atoms with Gasteiger partial charge in [-0.2, -0.15) is 0 Å². The summed E-state index contributed by atoms with van der Waals surface area (Å²) in [6.45, 7) is 10.2. The molecule has 1 rings (SSSR count). The summed E-state index contributed by atoms with van der Waals surface area (Å²) >= 11 is 0. The van der Waals surface area contributed by atoms with Gasteiger partial charge in [0.1, 0.15) is 0 Å². The predicted octanol–water partition coefficient (Wildman–Crippen LogP) is 7.56. The molecule has 148 valence electrons. The van der Waals surface area contributed by atoms with Gasteiger partial charge in [-0.3, -0.25) is 0 Å². The second-order valence-electron chi connectivity index (χ2n) is 8.30. The van der Waals surface area contributed by atoms with E-state index in [0.29, 0.717) is 6.10 Å². The van der Waals surface area contributed by atoms with Gasteiger partial charge in [0, 0.05) is 6.42 Å². The SMILES string of the molecule is C=C[C@@H]1C[C@@H](CCCCCCCCCCCCCCC)OC(C)(C)O1. The second-order valence-corrected chi connectivity index (χ2v) is 8.30. The molecule has 0 radical (unpaired) electrons. The molecule has 0 aliphatic carbocycles. The molecule has 0 unspecified atom stereocenters. The lowest BCUT2D eigenvalue weighted by atomic mass is 10.0. The lowest BCUT2D eigenvalue weighted by Gasteiger charge is -2.40. The van der Waals surface area contributed by atoms with E-state index < -0.39 is 5.79 Å². The van der Waals surface area contributed by atoms with Crippen LogP contribution in [0.5, 0.6) is 0 Å². The highest BCUT2D eigenvalue weighted by atomic mass is 16.7. The van der Waals surface area contributed by atoms with E-state index in [1.165, 1.54) is 83.5 Å². The lowest BCUT2D eigenvalue weighted by Crippen LogP contribution is -2.43. The van der Waals surface area contributed by atoms with Crippen LogP contribution in [0.25, 0.3) is 0 Å². The zero-order valence-corrected chi connectivity index (χ0v) is 17.4. The van der Waals surface area contributed by atoms with Crippen LogP contribution in [-0.2, 0) is 9.47 Å². The molecule has 0 aromatic carbocycles. The van der Waals surface area contributed by atoms with Crippen LogP contribution in [0.2, 0.25) is 0 Å². The third-order valence-corrected chi connectivity index (χ3v) is 5.27. The molecule has 1 fully saturated rings. The normalized spacial score (nSPS) is 22.8. The number of ether oxygens (including phenoxy) is 2. The molecule has 0 aromatic rings. The van der Waals surface area contributed by atoms with Crippen LogP contribution in [0, 0.1) is 0 Å². The molecule has 0 saturated carbocycles. The Kier molecular flexibility index (Phi) is 12.5. The first-order valence-corrected chi connectivity index (χ1v) is 11.1. The Balaban J connectivity index is 1.89. The van der Waals surface area contributed by atoms with E-state index in [9.17, 15) is 0 Å². The summed E-state index contributed by atoms with van der Waals surface area (Å²) in [5, 5.41) is 0. The molecule has 2 heteroatoms. The van der Waals surface area contributed by atoms with Gasteiger partial charge in [0.25, 0.3) is 0 Å². The Hall–Kier alpha value is -0.340. The molecule has 1 aliphatic rings. The summed E-state index contributed by atoms with van der Waals surface area (Å²) in [7, 11) is 0. The standard InChI is InChI=1S/C23H44O2/c1-5-7-8-9-10-11-12-13-14-15-16-17-18-19-22-20-21(6-2)24-23(3,4)25-22/h6,21-22H,2,5,7-20H2,1,3-4H3/t21-,22-/m1/s1. The summed E-state index contributed by atoms with van der Waals surface area (Å²) in [6, 6.07) is 0. The molecule has 0 bridgehead atoms. The van der Waals surface area contributed by atoms with Crippen molar-refractivity contribution in [3.8, 4) is 0 Å². The highest BCUT2D eigenvalue weighted by Gasteiger charge is 2.33. The summed E-state index contributed by atoms with van der Waals surface area (Å²) in [6.07, 6.45) is 22.8. The Morgan fingerprint density at radius 2 is 1.28 bits per heavy atom. The molecule has 1 heterocycles. The second kappa shape index (κ2) is 13.8. The van der Waals surface area contributed by atoms with Crippen molar-refractivity contribution in [1.29, 1.82) is 0 Å².